The van der Waals surface area contributed by atoms with Crippen LogP contribution in [0.5, 0.6) is 0 Å². The number of nitrogens with one attached hydrogen (secondary N) is 2. The highest BCUT2D eigenvalue weighted by atomic mass is 19.1. The SMILES string of the molecule is C=C1NC(c2cc(CC)n(Cc3ccccc3F)n2)=NC2=C1C(C)(C(=C)CCC)C(=C)N2. The van der Waals surface area contributed by atoms with E-state index in [0.717, 1.165) is 53.3 Å². The number of hydrogen-bond acceptors (Lipinski definition) is 4. The largest absolute Gasteiger partial charge is 0.343 e. The van der Waals surface area contributed by atoms with Crippen LogP contribution in [0.3, 0.4) is 0 Å². The van der Waals surface area contributed by atoms with Gasteiger partial charge in [-0.1, -0.05) is 63.8 Å². The van der Waals surface area contributed by atoms with Gasteiger partial charge in [-0.3, -0.25) is 4.68 Å². The van der Waals surface area contributed by atoms with Crippen molar-refractivity contribution in [1.82, 2.24) is 20.4 Å². The van der Waals surface area contributed by atoms with Gasteiger partial charge in [-0.05, 0) is 31.9 Å². The fraction of sp³-hybridized carbons (Fsp3) is 0.308. The second-order valence-corrected chi connectivity index (χ2v) is 8.49. The van der Waals surface area contributed by atoms with Gasteiger partial charge in [0.25, 0.3) is 0 Å². The number of aliphatic imine (C=N–C) groups is 1. The van der Waals surface area contributed by atoms with Gasteiger partial charge in [0.2, 0.25) is 0 Å². The molecule has 1 aromatic carbocycles. The minimum absolute atomic E-state index is 0.233. The van der Waals surface area contributed by atoms with Crippen LogP contribution in [0.1, 0.15) is 50.6 Å². The maximum Gasteiger partial charge on any atom is 0.160 e. The quantitative estimate of drug-likeness (QED) is 0.594. The Kier molecular flexibility index (Phi) is 5.63. The standard InChI is InChI=1S/C26H30FN5/c1-7-11-16(3)26(6)18(5)29-25-23(26)17(4)28-24(30-25)22-14-20(8-2)32(31-22)15-19-12-9-10-13-21(19)27/h9-10,12-14,29H,3-5,7-8,11,15H2,1-2,6H3,(H,28,30). The summed E-state index contributed by atoms with van der Waals surface area (Å²) in [5.74, 6) is 1.11. The van der Waals surface area contributed by atoms with Crippen molar-refractivity contribution in [3.05, 3.63) is 101 Å². The number of allylic oxidation sites excluding steroid dienone is 2. The summed E-state index contributed by atoms with van der Waals surface area (Å²) >= 11 is 0. The second kappa shape index (κ2) is 8.26. The number of halogens is 1. The Balaban J connectivity index is 1.70. The van der Waals surface area contributed by atoms with Gasteiger partial charge in [-0.25, -0.2) is 9.38 Å². The van der Waals surface area contributed by atoms with Gasteiger partial charge < -0.3 is 10.6 Å². The topological polar surface area (TPSA) is 54.2 Å². The first-order valence-corrected chi connectivity index (χ1v) is 11.0. The van der Waals surface area contributed by atoms with E-state index < -0.39 is 5.41 Å². The molecule has 6 heteroatoms. The molecule has 0 saturated heterocycles. The number of aryl methyl sites for hydroxylation is 1. The van der Waals surface area contributed by atoms with Gasteiger partial charge in [0.05, 0.1) is 12.0 Å². The molecule has 1 aromatic heterocycles. The Bertz CT molecular complexity index is 1180. The average molecular weight is 432 g/mol. The summed E-state index contributed by atoms with van der Waals surface area (Å²) < 4.78 is 16.0. The highest BCUT2D eigenvalue weighted by molar-refractivity contribution is 6.00. The molecule has 32 heavy (non-hydrogen) atoms. The lowest BCUT2D eigenvalue weighted by Gasteiger charge is -2.32. The van der Waals surface area contributed by atoms with E-state index >= 15 is 0 Å². The Morgan fingerprint density at radius 3 is 2.62 bits per heavy atom. The molecule has 2 aliphatic rings. The van der Waals surface area contributed by atoms with Crippen molar-refractivity contribution in [2.75, 3.05) is 0 Å². The van der Waals surface area contributed by atoms with Crippen molar-refractivity contribution in [2.45, 2.75) is 46.6 Å². The second-order valence-electron chi connectivity index (χ2n) is 8.49. The predicted molar refractivity (Wildman–Crippen MR) is 127 cm³/mol. The van der Waals surface area contributed by atoms with Crippen molar-refractivity contribution in [3.8, 4) is 0 Å². The zero-order valence-corrected chi connectivity index (χ0v) is 19.1. The Morgan fingerprint density at radius 1 is 1.19 bits per heavy atom. The van der Waals surface area contributed by atoms with Crippen LogP contribution in [0.4, 0.5) is 4.39 Å². The molecule has 166 valence electrons. The molecule has 2 aliphatic heterocycles. The first-order valence-electron chi connectivity index (χ1n) is 11.0. The predicted octanol–water partition coefficient (Wildman–Crippen LogP) is 5.19. The van der Waals surface area contributed by atoms with Gasteiger partial charge in [0.15, 0.2) is 5.84 Å². The molecule has 1 unspecified atom stereocenters. The van der Waals surface area contributed by atoms with Gasteiger partial charge in [0.1, 0.15) is 17.3 Å². The molecule has 2 aromatic rings. The summed E-state index contributed by atoms with van der Waals surface area (Å²) in [6.45, 7) is 19.5. The zero-order valence-electron chi connectivity index (χ0n) is 19.1. The number of benzene rings is 1. The lowest BCUT2D eigenvalue weighted by atomic mass is 9.73. The fourth-order valence-corrected chi connectivity index (χ4v) is 4.44. The minimum atomic E-state index is -0.427. The van der Waals surface area contributed by atoms with E-state index in [4.69, 9.17) is 10.1 Å². The maximum atomic E-state index is 14.2. The molecule has 1 atom stereocenters. The first kappa shape index (κ1) is 21.8. The molecule has 0 amide bonds. The molecule has 3 heterocycles. The molecule has 0 radical (unpaired) electrons. The molecule has 0 saturated carbocycles. The Hall–Kier alpha value is -3.41. The molecule has 2 N–H and O–H groups in total. The third-order valence-corrected chi connectivity index (χ3v) is 6.41. The van der Waals surface area contributed by atoms with E-state index in [9.17, 15) is 4.39 Å². The highest BCUT2D eigenvalue weighted by Crippen LogP contribution is 2.50. The van der Waals surface area contributed by atoms with E-state index in [-0.39, 0.29) is 5.82 Å². The van der Waals surface area contributed by atoms with Crippen molar-refractivity contribution in [3.63, 3.8) is 0 Å². The van der Waals surface area contributed by atoms with Crippen LogP contribution in [0.2, 0.25) is 0 Å². The Labute approximate surface area is 189 Å². The highest BCUT2D eigenvalue weighted by Gasteiger charge is 2.45. The van der Waals surface area contributed by atoms with Crippen molar-refractivity contribution in [1.29, 1.82) is 0 Å². The number of aromatic nitrogens is 2. The van der Waals surface area contributed by atoms with Crippen LogP contribution < -0.4 is 10.6 Å². The third-order valence-electron chi connectivity index (χ3n) is 6.41. The molecule has 4 rings (SSSR count). The van der Waals surface area contributed by atoms with E-state index in [1.54, 1.807) is 12.1 Å². The number of hydrogen-bond donors (Lipinski definition) is 2. The first-order chi connectivity index (χ1) is 15.3. The summed E-state index contributed by atoms with van der Waals surface area (Å²) in [6.07, 6.45) is 2.68. The normalized spacial score (nSPS) is 20.1. The lowest BCUT2D eigenvalue weighted by molar-refractivity contribution is 0.555. The maximum absolute atomic E-state index is 14.2. The van der Waals surface area contributed by atoms with E-state index in [0.29, 0.717) is 23.6 Å². The van der Waals surface area contributed by atoms with E-state index in [1.807, 2.05) is 16.8 Å². The van der Waals surface area contributed by atoms with Gasteiger partial charge in [-0.15, -0.1) is 0 Å². The van der Waals surface area contributed by atoms with Crippen LogP contribution in [0.25, 0.3) is 0 Å². The van der Waals surface area contributed by atoms with Gasteiger partial charge in [0, 0.05) is 28.2 Å². The smallest absolute Gasteiger partial charge is 0.160 e. The molecule has 0 bridgehead atoms. The third kappa shape index (κ3) is 3.49. The fourth-order valence-electron chi connectivity index (χ4n) is 4.44. The number of nitrogens with zero attached hydrogens (tertiary/aromatic N) is 3. The molecule has 5 nitrogen and oxygen atoms in total. The van der Waals surface area contributed by atoms with Gasteiger partial charge >= 0.3 is 0 Å². The van der Waals surface area contributed by atoms with Crippen molar-refractivity contribution < 1.29 is 4.39 Å². The molecule has 0 fully saturated rings. The van der Waals surface area contributed by atoms with Crippen LogP contribution in [0, 0.1) is 11.2 Å². The summed E-state index contributed by atoms with van der Waals surface area (Å²) in [6, 6.07) is 8.77. The van der Waals surface area contributed by atoms with Gasteiger partial charge in [-0.2, -0.15) is 5.10 Å². The van der Waals surface area contributed by atoms with E-state index in [1.165, 1.54) is 6.07 Å². The van der Waals surface area contributed by atoms with Crippen LogP contribution >= 0.6 is 0 Å². The monoisotopic (exact) mass is 431 g/mol. The van der Waals surface area contributed by atoms with Crippen molar-refractivity contribution >= 4 is 5.84 Å². The average Bonchev–Trinajstić information content (AvgIpc) is 3.29. The summed E-state index contributed by atoms with van der Waals surface area (Å²) in [4.78, 5) is 4.83. The summed E-state index contributed by atoms with van der Waals surface area (Å²) in [7, 11) is 0. The Morgan fingerprint density at radius 2 is 1.94 bits per heavy atom. The molecular weight excluding hydrogens is 401 g/mol. The number of amidine groups is 1. The summed E-state index contributed by atoms with van der Waals surface area (Å²) in [5.41, 5.74) is 5.55. The van der Waals surface area contributed by atoms with Crippen LogP contribution in [0.15, 0.2) is 83.4 Å². The minimum Gasteiger partial charge on any atom is -0.343 e. The van der Waals surface area contributed by atoms with Crippen LogP contribution in [-0.2, 0) is 13.0 Å². The molecule has 0 spiro atoms. The molecular formula is C26H30FN5. The zero-order chi connectivity index (χ0) is 23.0. The van der Waals surface area contributed by atoms with E-state index in [2.05, 4.69) is 51.1 Å². The lowest BCUT2D eigenvalue weighted by Crippen LogP contribution is -2.33. The molecule has 0 aliphatic carbocycles. The number of rotatable bonds is 7. The van der Waals surface area contributed by atoms with Crippen LogP contribution in [-0.4, -0.2) is 15.6 Å². The van der Waals surface area contributed by atoms with Crippen molar-refractivity contribution in [2.24, 2.45) is 10.4 Å². The summed E-state index contributed by atoms with van der Waals surface area (Å²) in [5, 5.41) is 11.4.